The predicted molar refractivity (Wildman–Crippen MR) is 63.9 cm³/mol. The van der Waals surface area contributed by atoms with E-state index in [9.17, 15) is 4.79 Å². The third-order valence-electron chi connectivity index (χ3n) is 2.22. The van der Waals surface area contributed by atoms with Crippen molar-refractivity contribution in [3.63, 3.8) is 0 Å². The fourth-order valence-corrected chi connectivity index (χ4v) is 1.53. The summed E-state index contributed by atoms with van der Waals surface area (Å²) in [6, 6.07) is 3.16. The first-order valence-electron chi connectivity index (χ1n) is 4.89. The molecule has 0 bridgehead atoms. The molecule has 0 atom stereocenters. The Morgan fingerprint density at radius 1 is 1.59 bits per heavy atom. The van der Waals surface area contributed by atoms with Crippen molar-refractivity contribution in [2.24, 2.45) is 0 Å². The van der Waals surface area contributed by atoms with Crippen molar-refractivity contribution >= 4 is 23.2 Å². The Labute approximate surface area is 102 Å². The smallest absolute Gasteiger partial charge is 0.272 e. The third kappa shape index (κ3) is 2.64. The molecule has 2 aromatic rings. The van der Waals surface area contributed by atoms with Crippen LogP contribution in [0.2, 0.25) is 5.02 Å². The highest BCUT2D eigenvalue weighted by molar-refractivity contribution is 6.31. The lowest BCUT2D eigenvalue weighted by Crippen LogP contribution is -2.13. The molecule has 0 aliphatic carbocycles. The predicted octanol–water partition coefficient (Wildman–Crippen LogP) is 1.81. The summed E-state index contributed by atoms with van der Waals surface area (Å²) in [6.07, 6.45) is 4.55. The average molecular weight is 252 g/mol. The summed E-state index contributed by atoms with van der Waals surface area (Å²) in [5.74, 6) is -0.334. The summed E-state index contributed by atoms with van der Waals surface area (Å²) >= 11 is 5.70. The Morgan fingerprint density at radius 3 is 3.06 bits per heavy atom. The van der Waals surface area contributed by atoms with Crippen molar-refractivity contribution < 1.29 is 9.90 Å². The zero-order chi connectivity index (χ0) is 12.3. The second-order valence-electron chi connectivity index (χ2n) is 3.38. The molecule has 88 valence electrons. The van der Waals surface area contributed by atoms with E-state index in [2.05, 4.69) is 15.3 Å². The molecule has 0 spiro atoms. The maximum absolute atomic E-state index is 11.8. The first kappa shape index (κ1) is 11.6. The molecule has 0 unspecified atom stereocenters. The molecular weight excluding hydrogens is 242 g/mol. The summed E-state index contributed by atoms with van der Waals surface area (Å²) in [4.78, 5) is 18.4. The van der Waals surface area contributed by atoms with Crippen molar-refractivity contribution in [2.75, 3.05) is 5.32 Å². The number of pyridine rings is 1. The van der Waals surface area contributed by atoms with E-state index in [4.69, 9.17) is 16.7 Å². The second-order valence-corrected chi connectivity index (χ2v) is 3.81. The van der Waals surface area contributed by atoms with Gasteiger partial charge in [0.1, 0.15) is 5.69 Å². The number of halogens is 1. The molecule has 0 aromatic carbocycles. The van der Waals surface area contributed by atoms with Crippen LogP contribution in [0.15, 0.2) is 30.7 Å². The highest BCUT2D eigenvalue weighted by Gasteiger charge is 2.10. The topological polar surface area (TPSA) is 78.0 Å². The minimum atomic E-state index is -0.334. The summed E-state index contributed by atoms with van der Waals surface area (Å²) in [5.41, 5.74) is 1.43. The summed E-state index contributed by atoms with van der Waals surface area (Å²) in [6.45, 7) is -0.163. The van der Waals surface area contributed by atoms with Gasteiger partial charge in [-0.05, 0) is 12.1 Å². The number of anilines is 1. The van der Waals surface area contributed by atoms with Crippen LogP contribution in [-0.2, 0) is 6.61 Å². The lowest BCUT2D eigenvalue weighted by atomic mass is 10.2. The van der Waals surface area contributed by atoms with E-state index < -0.39 is 0 Å². The Hall–Kier alpha value is -1.85. The highest BCUT2D eigenvalue weighted by atomic mass is 35.5. The Kier molecular flexibility index (Phi) is 3.41. The van der Waals surface area contributed by atoms with Gasteiger partial charge in [0.05, 0.1) is 23.5 Å². The second kappa shape index (κ2) is 4.99. The van der Waals surface area contributed by atoms with Gasteiger partial charge in [-0.15, -0.1) is 0 Å². The fourth-order valence-electron chi connectivity index (χ4n) is 1.36. The van der Waals surface area contributed by atoms with E-state index in [1.807, 2.05) is 0 Å². The molecule has 3 N–H and O–H groups in total. The Balaban J connectivity index is 2.18. The van der Waals surface area contributed by atoms with Crippen molar-refractivity contribution in [1.29, 1.82) is 0 Å². The number of carbonyl (C=O) groups is 1. The van der Waals surface area contributed by atoms with E-state index in [1.165, 1.54) is 18.5 Å². The Morgan fingerprint density at radius 2 is 2.41 bits per heavy atom. The molecule has 1 amide bonds. The molecule has 0 radical (unpaired) electrons. The van der Waals surface area contributed by atoms with Crippen molar-refractivity contribution in [2.45, 2.75) is 6.61 Å². The zero-order valence-corrected chi connectivity index (χ0v) is 9.53. The van der Waals surface area contributed by atoms with Crippen molar-refractivity contribution in [1.82, 2.24) is 9.97 Å². The van der Waals surface area contributed by atoms with E-state index >= 15 is 0 Å². The molecule has 0 fully saturated rings. The monoisotopic (exact) mass is 251 g/mol. The molecule has 0 aliphatic heterocycles. The largest absolute Gasteiger partial charge is 0.392 e. The molecule has 0 aliphatic rings. The lowest BCUT2D eigenvalue weighted by molar-refractivity contribution is 0.102. The SMILES string of the molecule is O=C(Nc1cnccc1CO)c1cc(Cl)c[nH]1. The number of hydrogen-bond donors (Lipinski definition) is 3. The summed E-state index contributed by atoms with van der Waals surface area (Å²) in [7, 11) is 0. The summed E-state index contributed by atoms with van der Waals surface area (Å²) in [5, 5.41) is 12.2. The fraction of sp³-hybridized carbons (Fsp3) is 0.0909. The number of hydrogen-bond acceptors (Lipinski definition) is 3. The van der Waals surface area contributed by atoms with Crippen LogP contribution in [0.5, 0.6) is 0 Å². The van der Waals surface area contributed by atoms with Gasteiger partial charge in [-0.3, -0.25) is 9.78 Å². The third-order valence-corrected chi connectivity index (χ3v) is 2.44. The number of nitrogens with zero attached hydrogens (tertiary/aromatic N) is 1. The number of aromatic nitrogens is 2. The minimum absolute atomic E-state index is 0.163. The molecule has 2 heterocycles. The number of aliphatic hydroxyl groups is 1. The number of aromatic amines is 1. The van der Waals surface area contributed by atoms with Crippen LogP contribution < -0.4 is 5.32 Å². The highest BCUT2D eigenvalue weighted by Crippen LogP contribution is 2.15. The number of aliphatic hydroxyl groups excluding tert-OH is 1. The first-order valence-corrected chi connectivity index (χ1v) is 5.27. The molecule has 0 saturated heterocycles. The van der Waals surface area contributed by atoms with Crippen molar-refractivity contribution in [3.05, 3.63) is 47.0 Å². The van der Waals surface area contributed by atoms with Gasteiger partial charge in [-0.25, -0.2) is 0 Å². The van der Waals surface area contributed by atoms with Gasteiger partial charge in [-0.2, -0.15) is 0 Å². The number of nitrogens with one attached hydrogen (secondary N) is 2. The first-order chi connectivity index (χ1) is 8.20. The van der Waals surface area contributed by atoms with Gasteiger partial charge in [0, 0.05) is 18.0 Å². The van der Waals surface area contributed by atoms with Gasteiger partial charge in [-0.1, -0.05) is 11.6 Å². The van der Waals surface area contributed by atoms with Crippen LogP contribution in [0.4, 0.5) is 5.69 Å². The minimum Gasteiger partial charge on any atom is -0.392 e. The normalized spacial score (nSPS) is 10.2. The van der Waals surface area contributed by atoms with E-state index in [0.29, 0.717) is 22.0 Å². The number of rotatable bonds is 3. The van der Waals surface area contributed by atoms with Gasteiger partial charge >= 0.3 is 0 Å². The van der Waals surface area contributed by atoms with Crippen LogP contribution in [0.1, 0.15) is 16.1 Å². The number of H-pyrrole nitrogens is 1. The van der Waals surface area contributed by atoms with E-state index in [0.717, 1.165) is 0 Å². The molecule has 2 aromatic heterocycles. The molecule has 2 rings (SSSR count). The van der Waals surface area contributed by atoms with E-state index in [1.54, 1.807) is 12.3 Å². The Bertz CT molecular complexity index is 539. The van der Waals surface area contributed by atoms with Crippen LogP contribution in [-0.4, -0.2) is 21.0 Å². The maximum Gasteiger partial charge on any atom is 0.272 e. The van der Waals surface area contributed by atoms with Crippen LogP contribution in [0, 0.1) is 0 Å². The molecular formula is C11H10ClN3O2. The van der Waals surface area contributed by atoms with Crippen LogP contribution in [0.3, 0.4) is 0 Å². The average Bonchev–Trinajstić information content (AvgIpc) is 2.77. The van der Waals surface area contributed by atoms with Crippen molar-refractivity contribution in [3.8, 4) is 0 Å². The van der Waals surface area contributed by atoms with Crippen LogP contribution in [0.25, 0.3) is 0 Å². The molecule has 17 heavy (non-hydrogen) atoms. The maximum atomic E-state index is 11.8. The standard InChI is InChI=1S/C11H10ClN3O2/c12-8-3-9(14-4-8)11(17)15-10-5-13-2-1-7(10)6-16/h1-5,14,16H,6H2,(H,15,17). The zero-order valence-electron chi connectivity index (χ0n) is 8.77. The van der Waals surface area contributed by atoms with Gasteiger partial charge < -0.3 is 15.4 Å². The molecule has 0 saturated carbocycles. The van der Waals surface area contributed by atoms with E-state index in [-0.39, 0.29) is 12.5 Å². The van der Waals surface area contributed by atoms with Crippen LogP contribution >= 0.6 is 11.6 Å². The quantitative estimate of drug-likeness (QED) is 0.778. The van der Waals surface area contributed by atoms with Gasteiger partial charge in [0.25, 0.3) is 5.91 Å². The molecule has 5 nitrogen and oxygen atoms in total. The number of amides is 1. The number of carbonyl (C=O) groups excluding carboxylic acids is 1. The lowest BCUT2D eigenvalue weighted by Gasteiger charge is -2.07. The molecule has 6 heteroatoms. The summed E-state index contributed by atoms with van der Waals surface area (Å²) < 4.78 is 0. The van der Waals surface area contributed by atoms with Gasteiger partial charge in [0.15, 0.2) is 0 Å². The van der Waals surface area contributed by atoms with Gasteiger partial charge in [0.2, 0.25) is 0 Å².